The monoisotopic (exact) mass is 190 g/mol. The summed E-state index contributed by atoms with van der Waals surface area (Å²) in [5.41, 5.74) is 0.496. The van der Waals surface area contributed by atoms with Crippen molar-refractivity contribution in [3.8, 4) is 6.07 Å². The average Bonchev–Trinajstić information content (AvgIpc) is 2.26. The summed E-state index contributed by atoms with van der Waals surface area (Å²) in [5, 5.41) is 13.8. The van der Waals surface area contributed by atoms with Crippen LogP contribution >= 0.6 is 0 Å². The van der Waals surface area contributed by atoms with Gasteiger partial charge in [0.15, 0.2) is 0 Å². The Bertz CT molecular complexity index is 352. The van der Waals surface area contributed by atoms with Gasteiger partial charge in [-0.05, 0) is 12.1 Å². The average molecular weight is 190 g/mol. The minimum atomic E-state index is -0.115. The van der Waals surface area contributed by atoms with Crippen molar-refractivity contribution in [2.24, 2.45) is 0 Å². The Morgan fingerprint density at radius 2 is 2.43 bits per heavy atom. The molecular weight excluding hydrogens is 180 g/mol. The molecule has 5 heteroatoms. The summed E-state index contributed by atoms with van der Waals surface area (Å²) < 4.78 is 0. The van der Waals surface area contributed by atoms with Crippen LogP contribution in [0.5, 0.6) is 0 Å². The van der Waals surface area contributed by atoms with E-state index in [4.69, 9.17) is 5.26 Å². The van der Waals surface area contributed by atoms with Crippen molar-refractivity contribution in [2.75, 3.05) is 18.9 Å². The molecule has 1 heterocycles. The number of nitriles is 1. The van der Waals surface area contributed by atoms with Crippen LogP contribution in [0.3, 0.4) is 0 Å². The van der Waals surface area contributed by atoms with E-state index in [1.165, 1.54) is 6.20 Å². The Morgan fingerprint density at radius 1 is 1.64 bits per heavy atom. The molecular formula is C9H10N4O. The summed E-state index contributed by atoms with van der Waals surface area (Å²) in [4.78, 5) is 14.8. The van der Waals surface area contributed by atoms with Crippen molar-refractivity contribution >= 4 is 11.7 Å². The highest BCUT2D eigenvalue weighted by Gasteiger charge is 1.98. The van der Waals surface area contributed by atoms with E-state index in [1.807, 2.05) is 6.07 Å². The molecule has 0 aliphatic carbocycles. The fourth-order valence-electron chi connectivity index (χ4n) is 0.824. The Hall–Kier alpha value is -2.09. The quantitative estimate of drug-likeness (QED) is 0.709. The number of aromatic nitrogens is 1. The van der Waals surface area contributed by atoms with Gasteiger partial charge in [-0.25, -0.2) is 4.98 Å². The molecule has 5 nitrogen and oxygen atoms in total. The molecule has 0 bridgehead atoms. The van der Waals surface area contributed by atoms with Crippen LogP contribution in [0.1, 0.15) is 5.56 Å². The van der Waals surface area contributed by atoms with Crippen LogP contribution in [0.4, 0.5) is 5.82 Å². The topological polar surface area (TPSA) is 77.8 Å². The number of pyridine rings is 1. The Kier molecular flexibility index (Phi) is 3.44. The van der Waals surface area contributed by atoms with Crippen LogP contribution in [0.2, 0.25) is 0 Å². The van der Waals surface area contributed by atoms with Crippen LogP contribution in [-0.4, -0.2) is 24.5 Å². The van der Waals surface area contributed by atoms with Crippen molar-refractivity contribution in [2.45, 2.75) is 0 Å². The van der Waals surface area contributed by atoms with Crippen molar-refractivity contribution in [1.82, 2.24) is 10.3 Å². The van der Waals surface area contributed by atoms with E-state index in [2.05, 4.69) is 15.6 Å². The number of nitrogens with zero attached hydrogens (tertiary/aromatic N) is 2. The molecule has 0 radical (unpaired) electrons. The van der Waals surface area contributed by atoms with Crippen LogP contribution in [0.15, 0.2) is 18.3 Å². The minimum Gasteiger partial charge on any atom is -0.361 e. The molecule has 1 aromatic rings. The van der Waals surface area contributed by atoms with Gasteiger partial charge in [0.25, 0.3) is 0 Å². The summed E-state index contributed by atoms with van der Waals surface area (Å²) >= 11 is 0. The van der Waals surface area contributed by atoms with Gasteiger partial charge in [-0.1, -0.05) is 0 Å². The Morgan fingerprint density at radius 3 is 2.93 bits per heavy atom. The van der Waals surface area contributed by atoms with Crippen LogP contribution in [-0.2, 0) is 4.79 Å². The molecule has 0 unspecified atom stereocenters. The molecule has 0 saturated carbocycles. The summed E-state index contributed by atoms with van der Waals surface area (Å²) in [6, 6.07) is 5.25. The highest BCUT2D eigenvalue weighted by atomic mass is 16.1. The zero-order valence-corrected chi connectivity index (χ0v) is 7.74. The van der Waals surface area contributed by atoms with E-state index >= 15 is 0 Å². The molecule has 0 aromatic carbocycles. The summed E-state index contributed by atoms with van der Waals surface area (Å²) in [6.45, 7) is 0.176. The van der Waals surface area contributed by atoms with Crippen LogP contribution in [0.25, 0.3) is 0 Å². The molecule has 72 valence electrons. The van der Waals surface area contributed by atoms with Crippen LogP contribution in [0, 0.1) is 11.3 Å². The third kappa shape index (κ3) is 2.75. The number of carbonyl (C=O) groups excluding carboxylic acids is 1. The van der Waals surface area contributed by atoms with E-state index in [-0.39, 0.29) is 12.5 Å². The maximum atomic E-state index is 10.9. The largest absolute Gasteiger partial charge is 0.361 e. The molecule has 0 aliphatic heterocycles. The van der Waals surface area contributed by atoms with E-state index < -0.39 is 0 Å². The summed E-state index contributed by atoms with van der Waals surface area (Å²) in [5.74, 6) is 0.462. The fraction of sp³-hybridized carbons (Fsp3) is 0.222. The highest BCUT2D eigenvalue weighted by molar-refractivity contribution is 5.79. The zero-order chi connectivity index (χ0) is 10.4. The van der Waals surface area contributed by atoms with Crippen molar-refractivity contribution in [3.63, 3.8) is 0 Å². The van der Waals surface area contributed by atoms with Gasteiger partial charge in [0, 0.05) is 13.2 Å². The first-order valence-electron chi connectivity index (χ1n) is 4.07. The first-order valence-corrected chi connectivity index (χ1v) is 4.07. The smallest absolute Gasteiger partial charge is 0.239 e. The maximum Gasteiger partial charge on any atom is 0.239 e. The van der Waals surface area contributed by atoms with Crippen molar-refractivity contribution in [1.29, 1.82) is 5.26 Å². The molecule has 0 saturated heterocycles. The SMILES string of the molecule is CNC(=O)CNc1ccc(C#N)cn1. The number of amides is 1. The number of likely N-dealkylation sites (N-methyl/N-ethyl adjacent to an activating group) is 1. The lowest BCUT2D eigenvalue weighted by molar-refractivity contribution is -0.118. The first-order chi connectivity index (χ1) is 6.76. The van der Waals surface area contributed by atoms with Crippen LogP contribution < -0.4 is 10.6 Å². The third-order valence-electron chi connectivity index (χ3n) is 1.60. The summed E-state index contributed by atoms with van der Waals surface area (Å²) in [6.07, 6.45) is 1.45. The van der Waals surface area contributed by atoms with Gasteiger partial charge in [0.2, 0.25) is 5.91 Å². The van der Waals surface area contributed by atoms with Crippen molar-refractivity contribution in [3.05, 3.63) is 23.9 Å². The van der Waals surface area contributed by atoms with Gasteiger partial charge in [0.1, 0.15) is 11.9 Å². The molecule has 0 aliphatic rings. The fourth-order valence-corrected chi connectivity index (χ4v) is 0.824. The van der Waals surface area contributed by atoms with Crippen molar-refractivity contribution < 1.29 is 4.79 Å². The molecule has 1 aromatic heterocycles. The first kappa shape index (κ1) is 9.99. The third-order valence-corrected chi connectivity index (χ3v) is 1.60. The number of hydrogen-bond donors (Lipinski definition) is 2. The molecule has 1 amide bonds. The molecule has 0 atom stereocenters. The zero-order valence-electron chi connectivity index (χ0n) is 7.74. The van der Waals surface area contributed by atoms with E-state index in [0.29, 0.717) is 11.4 Å². The molecule has 0 fully saturated rings. The predicted octanol–water partition coefficient (Wildman–Crippen LogP) is 0.111. The van der Waals surface area contributed by atoms with E-state index in [1.54, 1.807) is 19.2 Å². The predicted molar refractivity (Wildman–Crippen MR) is 51.5 cm³/mol. The second-order valence-corrected chi connectivity index (χ2v) is 2.57. The highest BCUT2D eigenvalue weighted by Crippen LogP contribution is 2.02. The second kappa shape index (κ2) is 4.82. The van der Waals surface area contributed by atoms with Gasteiger partial charge in [-0.2, -0.15) is 5.26 Å². The second-order valence-electron chi connectivity index (χ2n) is 2.57. The Balaban J connectivity index is 2.53. The van der Waals surface area contributed by atoms with Gasteiger partial charge in [-0.3, -0.25) is 4.79 Å². The molecule has 2 N–H and O–H groups in total. The minimum absolute atomic E-state index is 0.115. The number of hydrogen-bond acceptors (Lipinski definition) is 4. The Labute approximate surface area is 81.8 Å². The van der Waals surface area contributed by atoms with E-state index in [0.717, 1.165) is 0 Å². The van der Waals surface area contributed by atoms with Gasteiger partial charge < -0.3 is 10.6 Å². The normalized spacial score (nSPS) is 8.86. The lowest BCUT2D eigenvalue weighted by Crippen LogP contribution is -2.26. The number of nitrogens with one attached hydrogen (secondary N) is 2. The summed E-state index contributed by atoms with van der Waals surface area (Å²) in [7, 11) is 1.57. The lowest BCUT2D eigenvalue weighted by Gasteiger charge is -2.03. The number of carbonyl (C=O) groups is 1. The standard InChI is InChI=1S/C9H10N4O/c1-11-9(14)6-13-8-3-2-7(4-10)5-12-8/h2-3,5H,6H2,1H3,(H,11,14)(H,12,13). The van der Waals surface area contributed by atoms with E-state index in [9.17, 15) is 4.79 Å². The molecule has 1 rings (SSSR count). The number of anilines is 1. The van der Waals surface area contributed by atoms with Gasteiger partial charge in [0.05, 0.1) is 12.1 Å². The maximum absolute atomic E-state index is 10.9. The van der Waals surface area contributed by atoms with Gasteiger partial charge in [-0.15, -0.1) is 0 Å². The molecule has 14 heavy (non-hydrogen) atoms. The number of rotatable bonds is 3. The van der Waals surface area contributed by atoms with Gasteiger partial charge >= 0.3 is 0 Å². The lowest BCUT2D eigenvalue weighted by atomic mass is 10.3. The molecule has 0 spiro atoms.